The van der Waals surface area contributed by atoms with Crippen molar-refractivity contribution in [2.75, 3.05) is 50.7 Å². The molecule has 160 valence electrons. The van der Waals surface area contributed by atoms with Gasteiger partial charge in [0.15, 0.2) is 0 Å². The maximum Gasteiger partial charge on any atom is 0.261 e. The molecule has 8 heteroatoms. The van der Waals surface area contributed by atoms with Gasteiger partial charge in [0.1, 0.15) is 5.82 Å². The zero-order valence-electron chi connectivity index (χ0n) is 16.9. The van der Waals surface area contributed by atoms with Gasteiger partial charge in [0.2, 0.25) is 5.91 Å². The molecule has 0 saturated carbocycles. The van der Waals surface area contributed by atoms with E-state index in [4.69, 9.17) is 0 Å². The third kappa shape index (κ3) is 4.99. The number of thiophene rings is 1. The molecule has 0 unspecified atom stereocenters. The van der Waals surface area contributed by atoms with Crippen LogP contribution in [0.15, 0.2) is 41.8 Å². The van der Waals surface area contributed by atoms with E-state index in [2.05, 4.69) is 10.2 Å². The number of hydrogen-bond acceptors (Lipinski definition) is 5. The number of rotatable bonds is 5. The summed E-state index contributed by atoms with van der Waals surface area (Å²) in [7, 11) is 0. The summed E-state index contributed by atoms with van der Waals surface area (Å²) in [5.74, 6) is -0.0946. The SMILES string of the molecule is O=C(NC1CCN(CC(=O)N2CCN(c3ccccc3F)CC2)CC1)c1cccs1. The molecule has 0 atom stereocenters. The van der Waals surface area contributed by atoms with E-state index < -0.39 is 0 Å². The Labute approximate surface area is 180 Å². The maximum atomic E-state index is 14.0. The minimum absolute atomic E-state index is 0.00718. The number of piperidine rings is 1. The van der Waals surface area contributed by atoms with Crippen LogP contribution in [0.3, 0.4) is 0 Å². The standard InChI is InChI=1S/C22H27FN4O2S/c23-18-4-1-2-5-19(18)26-11-13-27(14-12-26)21(28)16-25-9-7-17(8-10-25)24-22(29)20-6-3-15-30-20/h1-6,15,17H,7-14,16H2,(H,24,29). The summed E-state index contributed by atoms with van der Waals surface area (Å²) in [4.78, 5) is 31.7. The number of amides is 2. The van der Waals surface area contributed by atoms with Crippen molar-refractivity contribution >= 4 is 28.8 Å². The van der Waals surface area contributed by atoms with Crippen LogP contribution < -0.4 is 10.2 Å². The van der Waals surface area contributed by atoms with Crippen LogP contribution in [-0.2, 0) is 4.79 Å². The van der Waals surface area contributed by atoms with E-state index >= 15 is 0 Å². The lowest BCUT2D eigenvalue weighted by molar-refractivity contribution is -0.133. The molecule has 4 rings (SSSR count). The Balaban J connectivity index is 1.19. The lowest BCUT2D eigenvalue weighted by Crippen LogP contribution is -2.53. The second kappa shape index (κ2) is 9.57. The monoisotopic (exact) mass is 430 g/mol. The summed E-state index contributed by atoms with van der Waals surface area (Å²) in [6.07, 6.45) is 1.71. The van der Waals surface area contributed by atoms with Crippen LogP contribution in [0.2, 0.25) is 0 Å². The van der Waals surface area contributed by atoms with Gasteiger partial charge in [-0.1, -0.05) is 18.2 Å². The molecule has 0 aliphatic carbocycles. The Morgan fingerprint density at radius 3 is 2.40 bits per heavy atom. The first kappa shape index (κ1) is 20.8. The van der Waals surface area contributed by atoms with Crippen molar-refractivity contribution in [2.24, 2.45) is 0 Å². The van der Waals surface area contributed by atoms with Crippen LogP contribution in [-0.4, -0.2) is 73.5 Å². The van der Waals surface area contributed by atoms with E-state index in [-0.39, 0.29) is 23.7 Å². The van der Waals surface area contributed by atoms with E-state index in [1.54, 1.807) is 12.1 Å². The van der Waals surface area contributed by atoms with Gasteiger partial charge in [0.05, 0.1) is 17.1 Å². The smallest absolute Gasteiger partial charge is 0.261 e. The first-order valence-electron chi connectivity index (χ1n) is 10.4. The minimum Gasteiger partial charge on any atom is -0.366 e. The molecule has 2 saturated heterocycles. The van der Waals surface area contributed by atoms with E-state index in [1.807, 2.05) is 33.4 Å². The Bertz CT molecular complexity index is 860. The molecule has 30 heavy (non-hydrogen) atoms. The molecule has 0 bridgehead atoms. The lowest BCUT2D eigenvalue weighted by Gasteiger charge is -2.38. The number of benzene rings is 1. The number of carbonyl (C=O) groups is 2. The molecule has 0 radical (unpaired) electrons. The topological polar surface area (TPSA) is 55.9 Å². The highest BCUT2D eigenvalue weighted by atomic mass is 32.1. The van der Waals surface area contributed by atoms with Crippen molar-refractivity contribution < 1.29 is 14.0 Å². The van der Waals surface area contributed by atoms with Gasteiger partial charge in [-0.3, -0.25) is 14.5 Å². The summed E-state index contributed by atoms with van der Waals surface area (Å²) in [5, 5.41) is 5.00. The molecule has 2 fully saturated rings. The number of anilines is 1. The van der Waals surface area contributed by atoms with Gasteiger partial charge in [-0.05, 0) is 36.4 Å². The summed E-state index contributed by atoms with van der Waals surface area (Å²) < 4.78 is 14.0. The van der Waals surface area contributed by atoms with E-state index in [1.165, 1.54) is 17.4 Å². The Kier molecular flexibility index (Phi) is 6.64. The van der Waals surface area contributed by atoms with Crippen LogP contribution in [0.4, 0.5) is 10.1 Å². The molecule has 0 spiro atoms. The van der Waals surface area contributed by atoms with Crippen LogP contribution in [0.5, 0.6) is 0 Å². The summed E-state index contributed by atoms with van der Waals surface area (Å²) in [6, 6.07) is 10.7. The van der Waals surface area contributed by atoms with Crippen molar-refractivity contribution in [3.63, 3.8) is 0 Å². The minimum atomic E-state index is -0.216. The third-order valence-corrected chi connectivity index (χ3v) is 6.72. The number of halogens is 1. The Morgan fingerprint density at radius 1 is 1.00 bits per heavy atom. The second-order valence-corrected chi connectivity index (χ2v) is 8.77. The molecule has 2 aliphatic rings. The van der Waals surface area contributed by atoms with Crippen molar-refractivity contribution in [2.45, 2.75) is 18.9 Å². The molecule has 3 heterocycles. The number of nitrogens with one attached hydrogen (secondary N) is 1. The van der Waals surface area contributed by atoms with Gasteiger partial charge in [-0.25, -0.2) is 4.39 Å². The van der Waals surface area contributed by atoms with Gasteiger partial charge < -0.3 is 15.1 Å². The van der Waals surface area contributed by atoms with Crippen LogP contribution >= 0.6 is 11.3 Å². The van der Waals surface area contributed by atoms with Crippen LogP contribution in [0.1, 0.15) is 22.5 Å². The molecule has 2 aliphatic heterocycles. The number of carbonyl (C=O) groups excluding carboxylic acids is 2. The van der Waals surface area contributed by atoms with E-state index in [0.717, 1.165) is 30.8 Å². The number of likely N-dealkylation sites (tertiary alicyclic amines) is 1. The average molecular weight is 431 g/mol. The van der Waals surface area contributed by atoms with Crippen molar-refractivity contribution in [3.05, 3.63) is 52.5 Å². The second-order valence-electron chi connectivity index (χ2n) is 7.82. The van der Waals surface area contributed by atoms with Crippen molar-refractivity contribution in [1.29, 1.82) is 0 Å². The predicted octanol–water partition coefficient (Wildman–Crippen LogP) is 2.43. The van der Waals surface area contributed by atoms with Crippen molar-refractivity contribution in [3.8, 4) is 0 Å². The molecule has 1 N–H and O–H groups in total. The van der Waals surface area contributed by atoms with Crippen LogP contribution in [0, 0.1) is 5.82 Å². The summed E-state index contributed by atoms with van der Waals surface area (Å²) in [6.45, 7) is 4.52. The van der Waals surface area contributed by atoms with Gasteiger partial charge in [0.25, 0.3) is 5.91 Å². The van der Waals surface area contributed by atoms with Gasteiger partial charge >= 0.3 is 0 Å². The quantitative estimate of drug-likeness (QED) is 0.792. The zero-order chi connectivity index (χ0) is 20.9. The van der Waals surface area contributed by atoms with Gasteiger partial charge in [-0.15, -0.1) is 11.3 Å². The van der Waals surface area contributed by atoms with Gasteiger partial charge in [-0.2, -0.15) is 0 Å². The van der Waals surface area contributed by atoms with Crippen LogP contribution in [0.25, 0.3) is 0 Å². The molecule has 1 aromatic heterocycles. The first-order valence-corrected chi connectivity index (χ1v) is 11.3. The molecular formula is C22H27FN4O2S. The molecule has 2 aromatic rings. The number of hydrogen-bond donors (Lipinski definition) is 1. The number of para-hydroxylation sites is 1. The maximum absolute atomic E-state index is 14.0. The predicted molar refractivity (Wildman–Crippen MR) is 116 cm³/mol. The highest BCUT2D eigenvalue weighted by Gasteiger charge is 2.26. The van der Waals surface area contributed by atoms with Gasteiger partial charge in [0, 0.05) is 45.3 Å². The fourth-order valence-electron chi connectivity index (χ4n) is 4.10. The largest absolute Gasteiger partial charge is 0.366 e. The molecular weight excluding hydrogens is 403 g/mol. The highest BCUT2D eigenvalue weighted by molar-refractivity contribution is 7.12. The van der Waals surface area contributed by atoms with Crippen molar-refractivity contribution in [1.82, 2.24) is 15.1 Å². The summed E-state index contributed by atoms with van der Waals surface area (Å²) in [5.41, 5.74) is 0.608. The zero-order valence-corrected chi connectivity index (χ0v) is 17.7. The number of nitrogens with zero attached hydrogens (tertiary/aromatic N) is 3. The fourth-order valence-corrected chi connectivity index (χ4v) is 4.72. The fraction of sp³-hybridized carbons (Fsp3) is 0.455. The summed E-state index contributed by atoms with van der Waals surface area (Å²) >= 11 is 1.45. The number of piperazine rings is 1. The molecule has 2 amide bonds. The highest BCUT2D eigenvalue weighted by Crippen LogP contribution is 2.20. The lowest BCUT2D eigenvalue weighted by atomic mass is 10.0. The Hall–Kier alpha value is -2.45. The normalized spacial score (nSPS) is 18.4. The van der Waals surface area contributed by atoms with E-state index in [0.29, 0.717) is 38.4 Å². The molecule has 1 aromatic carbocycles. The molecule has 6 nitrogen and oxygen atoms in total. The van der Waals surface area contributed by atoms with E-state index in [9.17, 15) is 14.0 Å². The Morgan fingerprint density at radius 2 is 1.73 bits per heavy atom. The first-order chi connectivity index (χ1) is 14.6. The average Bonchev–Trinajstić information content (AvgIpc) is 3.31. The third-order valence-electron chi connectivity index (χ3n) is 5.85.